The van der Waals surface area contributed by atoms with Gasteiger partial charge >= 0.3 is 5.97 Å². The van der Waals surface area contributed by atoms with Crippen molar-refractivity contribution in [1.82, 2.24) is 25.9 Å². The van der Waals surface area contributed by atoms with Gasteiger partial charge in [0, 0.05) is 18.3 Å². The molecule has 0 bridgehead atoms. The van der Waals surface area contributed by atoms with Crippen LogP contribution in [0, 0.1) is 5.92 Å². The van der Waals surface area contributed by atoms with Gasteiger partial charge in [-0.15, -0.1) is 0 Å². The molecule has 174 valence electrons. The summed E-state index contributed by atoms with van der Waals surface area (Å²) in [6.07, 6.45) is 1.31. The summed E-state index contributed by atoms with van der Waals surface area (Å²) in [6.45, 7) is 3.90. The molecule has 5 atom stereocenters. The number of carbonyl (C=O) groups is 4. The lowest BCUT2D eigenvalue weighted by atomic mass is 10.0. The van der Waals surface area contributed by atoms with E-state index in [1.54, 1.807) is 13.8 Å². The third kappa shape index (κ3) is 7.96. The van der Waals surface area contributed by atoms with Crippen molar-refractivity contribution in [3.05, 3.63) is 18.2 Å². The Hall–Kier alpha value is -3.03. The van der Waals surface area contributed by atoms with E-state index in [1.807, 2.05) is 0 Å². The molecule has 0 saturated heterocycles. The molecule has 13 heteroatoms. The molecular weight excluding hydrogens is 412 g/mol. The lowest BCUT2D eigenvalue weighted by Crippen LogP contribution is -2.61. The van der Waals surface area contributed by atoms with Crippen molar-refractivity contribution >= 4 is 23.7 Å². The molecule has 0 aromatic carbocycles. The summed E-state index contributed by atoms with van der Waals surface area (Å²) >= 11 is 0. The van der Waals surface area contributed by atoms with Gasteiger partial charge in [-0.1, -0.05) is 13.8 Å². The highest BCUT2D eigenvalue weighted by molar-refractivity contribution is 5.94. The number of aromatic amines is 1. The Bertz CT molecular complexity index is 753. The molecule has 0 aliphatic carbocycles. The second kappa shape index (κ2) is 12.0. The van der Waals surface area contributed by atoms with Gasteiger partial charge in [0.2, 0.25) is 17.7 Å². The third-order valence-corrected chi connectivity index (χ3v) is 4.44. The smallest absolute Gasteiger partial charge is 0.326 e. The number of hydrogen-bond donors (Lipinski definition) is 8. The molecule has 0 fully saturated rings. The van der Waals surface area contributed by atoms with Gasteiger partial charge in [0.15, 0.2) is 0 Å². The highest BCUT2D eigenvalue weighted by atomic mass is 16.4. The second-order valence-corrected chi connectivity index (χ2v) is 7.43. The fraction of sp³-hybridized carbons (Fsp3) is 0.611. The minimum atomic E-state index is -1.49. The summed E-state index contributed by atoms with van der Waals surface area (Å²) in [7, 11) is 0. The van der Waals surface area contributed by atoms with Crippen LogP contribution in [0.4, 0.5) is 0 Å². The molecule has 13 nitrogen and oxygen atoms in total. The molecule has 0 aliphatic heterocycles. The maximum Gasteiger partial charge on any atom is 0.326 e. The first-order valence-electron chi connectivity index (χ1n) is 9.63. The number of amides is 3. The third-order valence-electron chi connectivity index (χ3n) is 4.44. The molecule has 1 heterocycles. The van der Waals surface area contributed by atoms with E-state index >= 15 is 0 Å². The van der Waals surface area contributed by atoms with Crippen LogP contribution in [0.25, 0.3) is 0 Å². The number of nitrogens with two attached hydrogens (primary N) is 1. The van der Waals surface area contributed by atoms with E-state index in [1.165, 1.54) is 19.4 Å². The fourth-order valence-corrected chi connectivity index (χ4v) is 2.60. The summed E-state index contributed by atoms with van der Waals surface area (Å²) in [6, 6.07) is -5.17. The largest absolute Gasteiger partial charge is 0.480 e. The molecule has 3 amide bonds. The Kier molecular flexibility index (Phi) is 10.0. The number of nitrogens with zero attached hydrogens (tertiary/aromatic N) is 1. The van der Waals surface area contributed by atoms with Crippen molar-refractivity contribution in [3.8, 4) is 0 Å². The molecule has 0 radical (unpaired) electrons. The van der Waals surface area contributed by atoms with Crippen LogP contribution in [-0.2, 0) is 25.6 Å². The van der Waals surface area contributed by atoms with Crippen LogP contribution in [0.2, 0.25) is 0 Å². The quantitative estimate of drug-likeness (QED) is 0.163. The Morgan fingerprint density at radius 2 is 1.65 bits per heavy atom. The first kappa shape index (κ1) is 26.0. The summed E-state index contributed by atoms with van der Waals surface area (Å²) in [5.41, 5.74) is 5.91. The van der Waals surface area contributed by atoms with Crippen molar-refractivity contribution < 1.29 is 34.5 Å². The van der Waals surface area contributed by atoms with Gasteiger partial charge in [0.1, 0.15) is 24.2 Å². The number of imidazole rings is 1. The Labute approximate surface area is 178 Å². The molecule has 0 aliphatic rings. The number of carboxylic acids is 1. The molecule has 31 heavy (non-hydrogen) atoms. The summed E-state index contributed by atoms with van der Waals surface area (Å²) in [5.74, 6) is -4.20. The predicted octanol–water partition coefficient (Wildman–Crippen LogP) is -3.15. The van der Waals surface area contributed by atoms with Gasteiger partial charge in [0.25, 0.3) is 0 Å². The molecular formula is C18H30N6O7. The van der Waals surface area contributed by atoms with Crippen LogP contribution >= 0.6 is 0 Å². The molecule has 0 spiro atoms. The maximum absolute atomic E-state index is 12.7. The van der Waals surface area contributed by atoms with Gasteiger partial charge in [0.05, 0.1) is 19.0 Å². The van der Waals surface area contributed by atoms with Crippen LogP contribution in [0.3, 0.4) is 0 Å². The maximum atomic E-state index is 12.7. The number of H-pyrrole nitrogens is 1. The number of aliphatic hydroxyl groups excluding tert-OH is 2. The molecule has 1 aromatic rings. The normalized spacial score (nSPS) is 16.0. The highest BCUT2D eigenvalue weighted by Gasteiger charge is 2.33. The Morgan fingerprint density at radius 3 is 2.10 bits per heavy atom. The number of aliphatic carboxylic acids is 1. The summed E-state index contributed by atoms with van der Waals surface area (Å²) in [5, 5.41) is 35.3. The van der Waals surface area contributed by atoms with E-state index in [0.29, 0.717) is 5.69 Å². The fourth-order valence-electron chi connectivity index (χ4n) is 2.60. The van der Waals surface area contributed by atoms with Crippen molar-refractivity contribution in [2.45, 2.75) is 57.5 Å². The number of nitrogens with one attached hydrogen (secondary N) is 4. The molecule has 0 saturated carbocycles. The number of aromatic nitrogens is 2. The minimum Gasteiger partial charge on any atom is -0.480 e. The van der Waals surface area contributed by atoms with E-state index in [2.05, 4.69) is 25.9 Å². The van der Waals surface area contributed by atoms with E-state index in [9.17, 15) is 29.4 Å². The van der Waals surface area contributed by atoms with Crippen LogP contribution in [0.15, 0.2) is 12.5 Å². The number of hydrogen-bond acceptors (Lipinski definition) is 8. The average molecular weight is 442 g/mol. The van der Waals surface area contributed by atoms with Gasteiger partial charge in [-0.05, 0) is 12.8 Å². The topological polar surface area (TPSA) is 220 Å². The number of aliphatic hydroxyl groups is 2. The standard InChI is InChI=1S/C18H30N6O7/c1-8(2)13(23-15(27)11(19)6-25)16(28)24-14(9(3)26)17(29)22-12(18(30)31)4-10-5-20-7-21-10/h5,7-9,11-14,25-26H,4,6,19H2,1-3H3,(H,20,21)(H,22,29)(H,23,27)(H,24,28)(H,30,31). The monoisotopic (exact) mass is 442 g/mol. The zero-order valence-corrected chi connectivity index (χ0v) is 17.5. The van der Waals surface area contributed by atoms with Crippen molar-refractivity contribution in [2.75, 3.05) is 6.61 Å². The van der Waals surface area contributed by atoms with Crippen LogP contribution in [-0.4, -0.2) is 85.9 Å². The van der Waals surface area contributed by atoms with E-state index in [-0.39, 0.29) is 6.42 Å². The Morgan fingerprint density at radius 1 is 1.06 bits per heavy atom. The average Bonchev–Trinajstić information content (AvgIpc) is 3.20. The lowest BCUT2D eigenvalue weighted by molar-refractivity contribution is -0.143. The van der Waals surface area contributed by atoms with E-state index in [4.69, 9.17) is 10.8 Å². The predicted molar refractivity (Wildman–Crippen MR) is 107 cm³/mol. The first-order chi connectivity index (χ1) is 14.5. The first-order valence-corrected chi connectivity index (χ1v) is 9.63. The van der Waals surface area contributed by atoms with E-state index in [0.717, 1.165) is 0 Å². The van der Waals surface area contributed by atoms with Crippen molar-refractivity contribution in [2.24, 2.45) is 11.7 Å². The van der Waals surface area contributed by atoms with Crippen LogP contribution in [0.1, 0.15) is 26.5 Å². The lowest BCUT2D eigenvalue weighted by Gasteiger charge is -2.27. The van der Waals surface area contributed by atoms with Crippen molar-refractivity contribution in [1.29, 1.82) is 0 Å². The minimum absolute atomic E-state index is 0.0920. The van der Waals surface area contributed by atoms with Crippen LogP contribution in [0.5, 0.6) is 0 Å². The molecule has 5 unspecified atom stereocenters. The Balaban J connectivity index is 2.90. The van der Waals surface area contributed by atoms with Crippen LogP contribution < -0.4 is 21.7 Å². The second-order valence-electron chi connectivity index (χ2n) is 7.43. The van der Waals surface area contributed by atoms with Gasteiger partial charge in [-0.3, -0.25) is 14.4 Å². The van der Waals surface area contributed by atoms with Gasteiger partial charge in [-0.25, -0.2) is 9.78 Å². The summed E-state index contributed by atoms with van der Waals surface area (Å²) in [4.78, 5) is 55.2. The highest BCUT2D eigenvalue weighted by Crippen LogP contribution is 2.06. The summed E-state index contributed by atoms with van der Waals surface area (Å²) < 4.78 is 0. The molecule has 9 N–H and O–H groups in total. The number of carbonyl (C=O) groups excluding carboxylic acids is 3. The van der Waals surface area contributed by atoms with E-state index < -0.39 is 66.5 Å². The number of carboxylic acid groups (broad SMARTS) is 1. The molecule has 1 aromatic heterocycles. The van der Waals surface area contributed by atoms with Gasteiger partial charge in [-0.2, -0.15) is 0 Å². The zero-order chi connectivity index (χ0) is 23.7. The van der Waals surface area contributed by atoms with Gasteiger partial charge < -0.3 is 42.0 Å². The SMILES string of the molecule is CC(C)C(NC(=O)C(N)CO)C(=O)NC(C(=O)NC(Cc1cnc[nH]1)C(=O)O)C(C)O. The number of rotatable bonds is 12. The zero-order valence-electron chi connectivity index (χ0n) is 17.5. The van der Waals surface area contributed by atoms with Crippen molar-refractivity contribution in [3.63, 3.8) is 0 Å². The molecule has 1 rings (SSSR count).